The lowest BCUT2D eigenvalue weighted by Crippen LogP contribution is -1.87. The number of pyridine rings is 1. The summed E-state index contributed by atoms with van der Waals surface area (Å²) < 4.78 is 0. The van der Waals surface area contributed by atoms with Crippen molar-refractivity contribution in [2.75, 3.05) is 0 Å². The summed E-state index contributed by atoms with van der Waals surface area (Å²) in [6.45, 7) is 4.35. The minimum Gasteiger partial charge on any atom is -0.224 e. The molecule has 0 N–H and O–H groups in total. The van der Waals surface area contributed by atoms with E-state index in [-0.39, 0.29) is 0 Å². The van der Waals surface area contributed by atoms with Gasteiger partial charge in [-0.25, -0.2) is 4.98 Å². The van der Waals surface area contributed by atoms with Crippen molar-refractivity contribution in [2.45, 2.75) is 19.8 Å². The van der Waals surface area contributed by atoms with Crippen molar-refractivity contribution in [3.05, 3.63) is 52.3 Å². The first-order valence-corrected chi connectivity index (χ1v) is 6.25. The number of hydrogen-bond donors (Lipinski definition) is 0. The molecule has 1 nitrogen and oxygen atoms in total. The van der Waals surface area contributed by atoms with Crippen LogP contribution >= 0.6 is 23.2 Å². The zero-order valence-corrected chi connectivity index (χ0v) is 11.3. The Balaban J connectivity index is 2.39. The monoisotopic (exact) mass is 265 g/mol. The maximum atomic E-state index is 5.89. The molecule has 0 saturated carbocycles. The molecule has 0 saturated heterocycles. The van der Waals surface area contributed by atoms with Gasteiger partial charge in [-0.05, 0) is 34.7 Å². The highest BCUT2D eigenvalue weighted by atomic mass is 35.5. The molecule has 0 fully saturated rings. The van der Waals surface area contributed by atoms with Crippen LogP contribution in [0.1, 0.15) is 25.3 Å². The molecule has 3 heteroatoms. The van der Waals surface area contributed by atoms with Crippen LogP contribution in [0.4, 0.5) is 0 Å². The van der Waals surface area contributed by atoms with Crippen LogP contribution in [0.25, 0.3) is 11.1 Å². The van der Waals surface area contributed by atoms with Crippen LogP contribution in [-0.2, 0) is 0 Å². The molecule has 0 radical (unpaired) electrons. The van der Waals surface area contributed by atoms with Crippen LogP contribution in [-0.4, -0.2) is 4.98 Å². The van der Waals surface area contributed by atoms with Gasteiger partial charge in [0.05, 0.1) is 0 Å². The molecule has 17 heavy (non-hydrogen) atoms. The zero-order valence-electron chi connectivity index (χ0n) is 9.74. The Kier molecular flexibility index (Phi) is 3.70. The maximum absolute atomic E-state index is 5.89. The van der Waals surface area contributed by atoms with E-state index in [1.165, 1.54) is 5.56 Å². The average Bonchev–Trinajstić information content (AvgIpc) is 2.28. The lowest BCUT2D eigenvalue weighted by Gasteiger charge is -2.07. The first-order chi connectivity index (χ1) is 8.06. The van der Waals surface area contributed by atoms with Crippen molar-refractivity contribution >= 4 is 23.2 Å². The molecule has 0 unspecified atom stereocenters. The highest BCUT2D eigenvalue weighted by Gasteiger charge is 2.04. The van der Waals surface area contributed by atoms with E-state index in [2.05, 4.69) is 43.1 Å². The van der Waals surface area contributed by atoms with Crippen molar-refractivity contribution in [2.24, 2.45) is 0 Å². The van der Waals surface area contributed by atoms with Crippen molar-refractivity contribution < 1.29 is 0 Å². The van der Waals surface area contributed by atoms with Gasteiger partial charge in [0.2, 0.25) is 0 Å². The third kappa shape index (κ3) is 2.99. The van der Waals surface area contributed by atoms with Crippen LogP contribution in [0.5, 0.6) is 0 Å². The summed E-state index contributed by atoms with van der Waals surface area (Å²) in [6.07, 6.45) is 0. The highest BCUT2D eigenvalue weighted by Crippen LogP contribution is 2.26. The van der Waals surface area contributed by atoms with Crippen LogP contribution in [0, 0.1) is 0 Å². The fraction of sp³-hybridized carbons (Fsp3) is 0.214. The molecule has 0 aliphatic heterocycles. The molecule has 0 spiro atoms. The third-order valence-electron chi connectivity index (χ3n) is 2.67. The summed E-state index contributed by atoms with van der Waals surface area (Å²) in [7, 11) is 0. The molecule has 1 aromatic heterocycles. The second-order valence-corrected chi connectivity index (χ2v) is 5.05. The van der Waals surface area contributed by atoms with Crippen LogP contribution in [0.15, 0.2) is 36.4 Å². The Hall–Kier alpha value is -1.05. The first kappa shape index (κ1) is 12.4. The Morgan fingerprint density at radius 2 is 1.41 bits per heavy atom. The lowest BCUT2D eigenvalue weighted by molar-refractivity contribution is 0.867. The molecule has 1 aromatic carbocycles. The fourth-order valence-electron chi connectivity index (χ4n) is 1.69. The molecule has 0 aliphatic rings. The Morgan fingerprint density at radius 3 is 1.88 bits per heavy atom. The van der Waals surface area contributed by atoms with Gasteiger partial charge < -0.3 is 0 Å². The normalized spacial score (nSPS) is 10.9. The molecule has 1 heterocycles. The molecule has 0 amide bonds. The van der Waals surface area contributed by atoms with Crippen molar-refractivity contribution in [1.82, 2.24) is 4.98 Å². The van der Waals surface area contributed by atoms with Gasteiger partial charge in [-0.3, -0.25) is 0 Å². The van der Waals surface area contributed by atoms with Gasteiger partial charge in [-0.15, -0.1) is 0 Å². The van der Waals surface area contributed by atoms with E-state index in [0.717, 1.165) is 11.1 Å². The van der Waals surface area contributed by atoms with E-state index >= 15 is 0 Å². The molecule has 2 aromatic rings. The summed E-state index contributed by atoms with van der Waals surface area (Å²) in [6, 6.07) is 12.1. The minimum absolute atomic E-state index is 0.417. The molecule has 0 atom stereocenters. The van der Waals surface area contributed by atoms with Crippen molar-refractivity contribution in [1.29, 1.82) is 0 Å². The zero-order chi connectivity index (χ0) is 12.4. The first-order valence-electron chi connectivity index (χ1n) is 5.49. The molecule has 2 rings (SSSR count). The van der Waals surface area contributed by atoms with E-state index in [1.54, 1.807) is 0 Å². The van der Waals surface area contributed by atoms with E-state index < -0.39 is 0 Å². The number of nitrogens with zero attached hydrogens (tertiary/aromatic N) is 1. The molecular weight excluding hydrogens is 253 g/mol. The SMILES string of the molecule is CC(C)c1ccc(-c2cc(Cl)nc(Cl)c2)cc1. The van der Waals surface area contributed by atoms with E-state index in [9.17, 15) is 0 Å². The fourth-order valence-corrected chi connectivity index (χ4v) is 2.15. The quantitative estimate of drug-likeness (QED) is 0.682. The van der Waals surface area contributed by atoms with Gasteiger partial charge >= 0.3 is 0 Å². The smallest absolute Gasteiger partial charge is 0.131 e. The van der Waals surface area contributed by atoms with Crippen molar-refractivity contribution in [3.8, 4) is 11.1 Å². The van der Waals surface area contributed by atoms with Gasteiger partial charge in [-0.2, -0.15) is 0 Å². The highest BCUT2D eigenvalue weighted by molar-refractivity contribution is 6.32. The van der Waals surface area contributed by atoms with Crippen LogP contribution in [0.3, 0.4) is 0 Å². The molecule has 88 valence electrons. The minimum atomic E-state index is 0.417. The third-order valence-corrected chi connectivity index (χ3v) is 3.06. The van der Waals surface area contributed by atoms with Gasteiger partial charge in [0.25, 0.3) is 0 Å². The summed E-state index contributed by atoms with van der Waals surface area (Å²) in [5.41, 5.74) is 3.41. The van der Waals surface area contributed by atoms with E-state index in [1.807, 2.05) is 12.1 Å². The van der Waals surface area contributed by atoms with Crippen LogP contribution in [0.2, 0.25) is 10.3 Å². The maximum Gasteiger partial charge on any atom is 0.131 e. The van der Waals surface area contributed by atoms with E-state index in [4.69, 9.17) is 23.2 Å². The molecule has 0 bridgehead atoms. The van der Waals surface area contributed by atoms with E-state index in [0.29, 0.717) is 16.2 Å². The number of hydrogen-bond acceptors (Lipinski definition) is 1. The summed E-state index contributed by atoms with van der Waals surface area (Å²) in [4.78, 5) is 3.94. The average molecular weight is 266 g/mol. The number of aromatic nitrogens is 1. The second kappa shape index (κ2) is 5.07. The number of benzene rings is 1. The van der Waals surface area contributed by atoms with Gasteiger partial charge in [0.15, 0.2) is 0 Å². The van der Waals surface area contributed by atoms with Gasteiger partial charge in [0.1, 0.15) is 10.3 Å². The summed E-state index contributed by atoms with van der Waals surface area (Å²) in [5, 5.41) is 0.834. The van der Waals surface area contributed by atoms with Gasteiger partial charge in [0, 0.05) is 0 Å². The number of halogens is 2. The standard InChI is InChI=1S/C14H13Cl2N/c1-9(2)10-3-5-11(6-4-10)12-7-13(15)17-14(16)8-12/h3-9H,1-2H3. The predicted octanol–water partition coefficient (Wildman–Crippen LogP) is 5.18. The predicted molar refractivity (Wildman–Crippen MR) is 73.8 cm³/mol. The summed E-state index contributed by atoms with van der Waals surface area (Å²) in [5.74, 6) is 0.536. The Bertz CT molecular complexity index is 498. The summed E-state index contributed by atoms with van der Waals surface area (Å²) >= 11 is 11.8. The lowest BCUT2D eigenvalue weighted by atomic mass is 9.99. The second-order valence-electron chi connectivity index (χ2n) is 4.28. The van der Waals surface area contributed by atoms with Crippen molar-refractivity contribution in [3.63, 3.8) is 0 Å². The van der Waals surface area contributed by atoms with Gasteiger partial charge in [-0.1, -0.05) is 61.3 Å². The molecule has 0 aliphatic carbocycles. The molecular formula is C14H13Cl2N. The van der Waals surface area contributed by atoms with Crippen LogP contribution < -0.4 is 0 Å². The Morgan fingerprint density at radius 1 is 0.882 bits per heavy atom. The Labute approximate surface area is 111 Å². The number of rotatable bonds is 2. The topological polar surface area (TPSA) is 12.9 Å². The largest absolute Gasteiger partial charge is 0.224 e.